The van der Waals surface area contributed by atoms with Crippen LogP contribution in [-0.2, 0) is 6.18 Å². The zero-order chi connectivity index (χ0) is 16.3. The number of nitrogens with zero attached hydrogens (tertiary/aromatic N) is 1. The highest BCUT2D eigenvalue weighted by molar-refractivity contribution is 6.32. The maximum absolute atomic E-state index is 12.9. The first kappa shape index (κ1) is 16.3. The van der Waals surface area contributed by atoms with E-state index in [9.17, 15) is 23.1 Å². The molecule has 0 aliphatic heterocycles. The number of halogens is 4. The molecule has 1 aromatic carbocycles. The van der Waals surface area contributed by atoms with Gasteiger partial charge in [0.15, 0.2) is 0 Å². The predicted octanol–water partition coefficient (Wildman–Crippen LogP) is 2.59. The summed E-state index contributed by atoms with van der Waals surface area (Å²) in [7, 11) is 0. The van der Waals surface area contributed by atoms with Crippen molar-refractivity contribution in [1.29, 1.82) is 0 Å². The molecule has 0 amide bonds. The Balaban J connectivity index is 2.18. The Labute approximate surface area is 127 Å². The van der Waals surface area contributed by atoms with Crippen LogP contribution < -0.4 is 10.9 Å². The van der Waals surface area contributed by atoms with E-state index in [1.165, 1.54) is 24.4 Å². The van der Waals surface area contributed by atoms with Gasteiger partial charge in [-0.1, -0.05) is 29.8 Å². The summed E-state index contributed by atoms with van der Waals surface area (Å²) in [6.07, 6.45) is -4.81. The highest BCUT2D eigenvalue weighted by atomic mass is 35.5. The first-order chi connectivity index (χ1) is 10.3. The number of alkyl halides is 3. The molecule has 5 nitrogen and oxygen atoms in total. The van der Waals surface area contributed by atoms with E-state index in [-0.39, 0.29) is 22.8 Å². The normalized spacial score (nSPS) is 13.0. The Morgan fingerprint density at radius 2 is 2.05 bits per heavy atom. The first-order valence-corrected chi connectivity index (χ1v) is 6.49. The zero-order valence-electron chi connectivity index (χ0n) is 11.0. The smallest absolute Gasteiger partial charge is 0.387 e. The van der Waals surface area contributed by atoms with E-state index in [1.807, 2.05) is 0 Å². The van der Waals surface area contributed by atoms with Gasteiger partial charge in [-0.15, -0.1) is 0 Å². The lowest BCUT2D eigenvalue weighted by Gasteiger charge is -2.18. The molecule has 1 unspecified atom stereocenters. The topological polar surface area (TPSA) is 78.0 Å². The van der Waals surface area contributed by atoms with Gasteiger partial charge in [0.1, 0.15) is 5.02 Å². The van der Waals surface area contributed by atoms with Crippen LogP contribution in [0.5, 0.6) is 0 Å². The molecule has 0 saturated carbocycles. The molecule has 0 bridgehead atoms. The monoisotopic (exact) mass is 333 g/mol. The van der Waals surface area contributed by atoms with Gasteiger partial charge in [0, 0.05) is 6.54 Å². The molecule has 1 aromatic heterocycles. The zero-order valence-corrected chi connectivity index (χ0v) is 11.7. The van der Waals surface area contributed by atoms with Crippen LogP contribution in [-0.4, -0.2) is 21.8 Å². The van der Waals surface area contributed by atoms with Crippen LogP contribution in [0.3, 0.4) is 0 Å². The van der Waals surface area contributed by atoms with Crippen molar-refractivity contribution in [3.05, 3.63) is 57.0 Å². The van der Waals surface area contributed by atoms with Crippen molar-refractivity contribution in [2.24, 2.45) is 0 Å². The second-order valence-electron chi connectivity index (χ2n) is 4.41. The van der Waals surface area contributed by atoms with Crippen molar-refractivity contribution < 1.29 is 18.3 Å². The molecule has 0 aliphatic rings. The highest BCUT2D eigenvalue weighted by Crippen LogP contribution is 2.34. The maximum atomic E-state index is 12.9. The van der Waals surface area contributed by atoms with Crippen molar-refractivity contribution in [2.45, 2.75) is 12.3 Å². The Morgan fingerprint density at radius 1 is 1.36 bits per heavy atom. The lowest BCUT2D eigenvalue weighted by atomic mass is 10.0. The molecule has 3 N–H and O–H groups in total. The SMILES string of the molecule is O=c1[nH]ncc(NCC(O)c2ccccc2C(F)(F)F)c1Cl. The second-order valence-corrected chi connectivity index (χ2v) is 4.79. The van der Waals surface area contributed by atoms with Gasteiger partial charge in [0.2, 0.25) is 0 Å². The summed E-state index contributed by atoms with van der Waals surface area (Å²) < 4.78 is 38.6. The Kier molecular flexibility index (Phi) is 4.72. The fourth-order valence-corrected chi connectivity index (χ4v) is 2.03. The number of nitrogens with one attached hydrogen (secondary N) is 2. The Morgan fingerprint density at radius 3 is 2.73 bits per heavy atom. The molecule has 22 heavy (non-hydrogen) atoms. The van der Waals surface area contributed by atoms with E-state index in [2.05, 4.69) is 15.5 Å². The first-order valence-electron chi connectivity index (χ1n) is 6.12. The number of aliphatic hydroxyl groups is 1. The summed E-state index contributed by atoms with van der Waals surface area (Å²) >= 11 is 5.72. The summed E-state index contributed by atoms with van der Waals surface area (Å²) in [6, 6.07) is 4.71. The van der Waals surface area contributed by atoms with Gasteiger partial charge >= 0.3 is 6.18 Å². The van der Waals surface area contributed by atoms with E-state index in [4.69, 9.17) is 11.6 Å². The summed E-state index contributed by atoms with van der Waals surface area (Å²) in [5.41, 5.74) is -1.71. The summed E-state index contributed by atoms with van der Waals surface area (Å²) in [4.78, 5) is 11.2. The van der Waals surface area contributed by atoms with Gasteiger partial charge in [-0.3, -0.25) is 4.79 Å². The van der Waals surface area contributed by atoms with E-state index < -0.39 is 23.4 Å². The molecule has 0 saturated heterocycles. The average molecular weight is 334 g/mol. The van der Waals surface area contributed by atoms with Gasteiger partial charge in [-0.05, 0) is 11.6 Å². The van der Waals surface area contributed by atoms with Crippen LogP contribution in [0, 0.1) is 0 Å². The van der Waals surface area contributed by atoms with Crippen molar-refractivity contribution in [3.63, 3.8) is 0 Å². The Bertz CT molecular complexity index is 718. The molecular formula is C13H11ClF3N3O2. The van der Waals surface area contributed by atoms with E-state index in [1.54, 1.807) is 0 Å². The van der Waals surface area contributed by atoms with Crippen molar-refractivity contribution >= 4 is 17.3 Å². The fraction of sp³-hybridized carbons (Fsp3) is 0.231. The molecule has 2 rings (SSSR count). The minimum absolute atomic E-state index is 0.119. The lowest BCUT2D eigenvalue weighted by Crippen LogP contribution is -2.19. The van der Waals surface area contributed by atoms with Crippen molar-refractivity contribution in [2.75, 3.05) is 11.9 Å². The van der Waals surface area contributed by atoms with Gasteiger partial charge in [-0.25, -0.2) is 5.10 Å². The third-order valence-corrected chi connectivity index (χ3v) is 3.28. The van der Waals surface area contributed by atoms with Crippen LogP contribution >= 0.6 is 11.6 Å². The number of aromatic amines is 1. The van der Waals surface area contributed by atoms with Crippen LogP contribution in [0.1, 0.15) is 17.2 Å². The largest absolute Gasteiger partial charge is 0.416 e. The van der Waals surface area contributed by atoms with Crippen LogP contribution in [0.25, 0.3) is 0 Å². The number of H-pyrrole nitrogens is 1. The minimum atomic E-state index is -4.57. The number of anilines is 1. The van der Waals surface area contributed by atoms with E-state index in [0.29, 0.717) is 0 Å². The molecule has 0 radical (unpaired) electrons. The third-order valence-electron chi connectivity index (χ3n) is 2.91. The molecule has 0 aliphatic carbocycles. The van der Waals surface area contributed by atoms with Gasteiger partial charge in [0.05, 0.1) is 23.6 Å². The standard InChI is InChI=1S/C13H11ClF3N3O2/c14-11-9(5-19-20-12(11)22)18-6-10(21)7-3-1-2-4-8(7)13(15,16)17/h1-5,10,21H,6H2,(H2,18,20,22). The van der Waals surface area contributed by atoms with E-state index in [0.717, 1.165) is 6.07 Å². The van der Waals surface area contributed by atoms with Gasteiger partial charge < -0.3 is 10.4 Å². The predicted molar refractivity (Wildman–Crippen MR) is 74.8 cm³/mol. The molecule has 1 atom stereocenters. The second kappa shape index (κ2) is 6.37. The van der Waals surface area contributed by atoms with Gasteiger partial charge in [0.25, 0.3) is 5.56 Å². The third kappa shape index (κ3) is 3.58. The lowest BCUT2D eigenvalue weighted by molar-refractivity contribution is -0.139. The summed E-state index contributed by atoms with van der Waals surface area (Å²) in [5, 5.41) is 18.0. The minimum Gasteiger partial charge on any atom is -0.387 e. The number of hydrogen-bond acceptors (Lipinski definition) is 4. The molecule has 0 spiro atoms. The summed E-state index contributed by atoms with van der Waals surface area (Å²) in [6.45, 7) is -0.266. The van der Waals surface area contributed by atoms with Gasteiger partial charge in [-0.2, -0.15) is 18.3 Å². The number of rotatable bonds is 4. The number of aromatic nitrogens is 2. The van der Waals surface area contributed by atoms with Crippen molar-refractivity contribution in [1.82, 2.24) is 10.2 Å². The molecular weight excluding hydrogens is 323 g/mol. The van der Waals surface area contributed by atoms with Crippen LogP contribution in [0.2, 0.25) is 5.02 Å². The van der Waals surface area contributed by atoms with E-state index >= 15 is 0 Å². The highest BCUT2D eigenvalue weighted by Gasteiger charge is 2.34. The summed E-state index contributed by atoms with van der Waals surface area (Å²) in [5.74, 6) is 0. The number of aliphatic hydroxyl groups excluding tert-OH is 1. The number of benzene rings is 1. The maximum Gasteiger partial charge on any atom is 0.416 e. The quantitative estimate of drug-likeness (QED) is 0.803. The molecule has 0 fully saturated rings. The number of hydrogen-bond donors (Lipinski definition) is 3. The van der Waals surface area contributed by atoms with Crippen LogP contribution in [0.15, 0.2) is 35.3 Å². The van der Waals surface area contributed by atoms with Crippen molar-refractivity contribution in [3.8, 4) is 0 Å². The average Bonchev–Trinajstić information content (AvgIpc) is 2.47. The van der Waals surface area contributed by atoms with Crippen LogP contribution in [0.4, 0.5) is 18.9 Å². The molecule has 2 aromatic rings. The fourth-order valence-electron chi connectivity index (χ4n) is 1.87. The molecule has 1 heterocycles. The Hall–Kier alpha value is -2.06. The molecule has 9 heteroatoms. The molecule has 118 valence electrons.